The average Bonchev–Trinajstić information content (AvgIpc) is 2.83. The molecule has 3 nitrogen and oxygen atoms in total. The van der Waals surface area contributed by atoms with Gasteiger partial charge in [-0.2, -0.15) is 0 Å². The first kappa shape index (κ1) is 18.0. The van der Waals surface area contributed by atoms with Crippen molar-refractivity contribution in [3.63, 3.8) is 0 Å². The van der Waals surface area contributed by atoms with Crippen LogP contribution in [0.15, 0.2) is 18.2 Å². The van der Waals surface area contributed by atoms with E-state index in [-0.39, 0.29) is 23.9 Å². The first-order chi connectivity index (χ1) is 11.0. The zero-order valence-corrected chi connectivity index (χ0v) is 15.1. The third kappa shape index (κ3) is 3.95. The van der Waals surface area contributed by atoms with E-state index in [2.05, 4.69) is 45.9 Å². The number of fused-ring (bicyclic) bond motifs is 1. The molecule has 0 radical (unpaired) electrons. The highest BCUT2D eigenvalue weighted by Crippen LogP contribution is 2.35. The summed E-state index contributed by atoms with van der Waals surface area (Å²) in [5.74, 6) is 0.428. The Bertz CT molecular complexity index is 536. The van der Waals surface area contributed by atoms with Crippen LogP contribution in [0.5, 0.6) is 0 Å². The van der Waals surface area contributed by atoms with Crippen molar-refractivity contribution in [2.75, 3.05) is 4.90 Å². The largest absolute Gasteiger partial charge is 0.327 e. The maximum absolute atomic E-state index is 12.8. The molecule has 0 aliphatic carbocycles. The van der Waals surface area contributed by atoms with E-state index in [9.17, 15) is 4.79 Å². The van der Waals surface area contributed by atoms with Gasteiger partial charge in [-0.25, -0.2) is 0 Å². The number of nitrogens with zero attached hydrogens (tertiary/aromatic N) is 1. The average molecular weight is 316 g/mol. The molecule has 1 aromatic rings. The molecular formula is C20H32N2O. The zero-order chi connectivity index (χ0) is 17.0. The monoisotopic (exact) mass is 316 g/mol. The van der Waals surface area contributed by atoms with Crippen molar-refractivity contribution in [3.05, 3.63) is 29.3 Å². The lowest BCUT2D eigenvalue weighted by molar-refractivity contribution is -0.122. The predicted molar refractivity (Wildman–Crippen MR) is 97.8 cm³/mol. The quantitative estimate of drug-likeness (QED) is 0.824. The smallest absolute Gasteiger partial charge is 0.230 e. The molecular weight excluding hydrogens is 284 g/mol. The van der Waals surface area contributed by atoms with E-state index in [0.717, 1.165) is 44.2 Å². The van der Waals surface area contributed by atoms with Crippen molar-refractivity contribution >= 4 is 11.6 Å². The summed E-state index contributed by atoms with van der Waals surface area (Å²) < 4.78 is 0. The zero-order valence-electron chi connectivity index (χ0n) is 15.1. The predicted octanol–water partition coefficient (Wildman–Crippen LogP) is 4.07. The number of hydrogen-bond acceptors (Lipinski definition) is 2. The minimum Gasteiger partial charge on any atom is -0.327 e. The van der Waals surface area contributed by atoms with Crippen molar-refractivity contribution in [3.8, 4) is 0 Å². The van der Waals surface area contributed by atoms with Gasteiger partial charge in [0.25, 0.3) is 0 Å². The SMILES string of the molecule is CCCC(N)Cc1ccc2c(c1)CC(C)N2C(=O)C(CC)CC. The molecule has 0 aromatic heterocycles. The summed E-state index contributed by atoms with van der Waals surface area (Å²) in [5.41, 5.74) is 9.89. The summed E-state index contributed by atoms with van der Waals surface area (Å²) in [6.45, 7) is 8.53. The molecule has 1 aliphatic heterocycles. The highest BCUT2D eigenvalue weighted by atomic mass is 16.2. The van der Waals surface area contributed by atoms with E-state index < -0.39 is 0 Å². The molecule has 0 bridgehead atoms. The number of carbonyl (C=O) groups is 1. The van der Waals surface area contributed by atoms with Crippen LogP contribution in [0.3, 0.4) is 0 Å². The number of rotatable bonds is 7. The molecule has 128 valence electrons. The van der Waals surface area contributed by atoms with E-state index in [1.165, 1.54) is 11.1 Å². The molecule has 2 rings (SSSR count). The number of hydrogen-bond donors (Lipinski definition) is 1. The Balaban J connectivity index is 2.19. The van der Waals surface area contributed by atoms with Crippen molar-refractivity contribution in [2.24, 2.45) is 11.7 Å². The summed E-state index contributed by atoms with van der Waals surface area (Å²) in [5, 5.41) is 0. The Hall–Kier alpha value is -1.35. The molecule has 3 heteroatoms. The second kappa shape index (κ2) is 7.96. The van der Waals surface area contributed by atoms with E-state index in [1.54, 1.807) is 0 Å². The lowest BCUT2D eigenvalue weighted by Crippen LogP contribution is -2.39. The van der Waals surface area contributed by atoms with Crippen LogP contribution in [0, 0.1) is 5.92 Å². The van der Waals surface area contributed by atoms with Gasteiger partial charge in [-0.3, -0.25) is 4.79 Å². The van der Waals surface area contributed by atoms with Crippen molar-refractivity contribution in [2.45, 2.75) is 78.3 Å². The van der Waals surface area contributed by atoms with E-state index >= 15 is 0 Å². The Labute approximate surface area is 141 Å². The van der Waals surface area contributed by atoms with E-state index in [1.807, 2.05) is 4.90 Å². The fourth-order valence-corrected chi connectivity index (χ4v) is 3.76. The second-order valence-electron chi connectivity index (χ2n) is 6.99. The molecule has 2 atom stereocenters. The van der Waals surface area contributed by atoms with Gasteiger partial charge in [-0.1, -0.05) is 39.3 Å². The first-order valence-corrected chi connectivity index (χ1v) is 9.22. The van der Waals surface area contributed by atoms with Gasteiger partial charge in [0.05, 0.1) is 0 Å². The van der Waals surface area contributed by atoms with E-state index in [4.69, 9.17) is 5.73 Å². The van der Waals surface area contributed by atoms with Crippen LogP contribution in [-0.4, -0.2) is 18.0 Å². The minimum absolute atomic E-state index is 0.140. The molecule has 0 saturated carbocycles. The van der Waals surface area contributed by atoms with Crippen LogP contribution in [0.2, 0.25) is 0 Å². The van der Waals surface area contributed by atoms with Crippen molar-refractivity contribution < 1.29 is 4.79 Å². The van der Waals surface area contributed by atoms with Crippen LogP contribution >= 0.6 is 0 Å². The summed E-state index contributed by atoms with van der Waals surface area (Å²) in [6.07, 6.45) is 5.90. The Kier molecular flexibility index (Phi) is 6.23. The van der Waals surface area contributed by atoms with Crippen molar-refractivity contribution in [1.29, 1.82) is 0 Å². The van der Waals surface area contributed by atoms with Crippen LogP contribution in [0.4, 0.5) is 5.69 Å². The molecule has 2 N–H and O–H groups in total. The standard InChI is InChI=1S/C20H32N2O/c1-5-8-18(21)13-15-9-10-19-17(12-15)11-14(4)22(19)20(23)16(6-2)7-3/h9-10,12,14,16,18H,5-8,11,13,21H2,1-4H3. The molecule has 1 amide bonds. The number of benzene rings is 1. The van der Waals surface area contributed by atoms with E-state index in [0.29, 0.717) is 0 Å². The maximum atomic E-state index is 12.8. The van der Waals surface area contributed by atoms with Gasteiger partial charge < -0.3 is 10.6 Å². The number of carbonyl (C=O) groups excluding carboxylic acids is 1. The van der Waals surface area contributed by atoms with Crippen LogP contribution < -0.4 is 10.6 Å². The lowest BCUT2D eigenvalue weighted by Gasteiger charge is -2.27. The molecule has 0 fully saturated rings. The Morgan fingerprint density at radius 2 is 2.00 bits per heavy atom. The molecule has 1 aromatic carbocycles. The summed E-state index contributed by atoms with van der Waals surface area (Å²) >= 11 is 0. The Morgan fingerprint density at radius 3 is 2.61 bits per heavy atom. The topological polar surface area (TPSA) is 46.3 Å². The molecule has 0 saturated heterocycles. The first-order valence-electron chi connectivity index (χ1n) is 9.22. The number of nitrogens with two attached hydrogens (primary N) is 1. The van der Waals surface area contributed by atoms with Gasteiger partial charge in [0, 0.05) is 23.7 Å². The fourth-order valence-electron chi connectivity index (χ4n) is 3.76. The number of anilines is 1. The second-order valence-corrected chi connectivity index (χ2v) is 6.99. The molecule has 0 spiro atoms. The third-order valence-electron chi connectivity index (χ3n) is 5.09. The fraction of sp³-hybridized carbons (Fsp3) is 0.650. The third-order valence-corrected chi connectivity index (χ3v) is 5.09. The van der Waals surface area contributed by atoms with Crippen LogP contribution in [-0.2, 0) is 17.6 Å². The highest BCUT2D eigenvalue weighted by Gasteiger charge is 2.33. The highest BCUT2D eigenvalue weighted by molar-refractivity contribution is 5.97. The van der Waals surface area contributed by atoms with Crippen LogP contribution in [0.1, 0.15) is 64.5 Å². The van der Waals surface area contributed by atoms with Gasteiger partial charge in [-0.15, -0.1) is 0 Å². The van der Waals surface area contributed by atoms with Crippen LogP contribution in [0.25, 0.3) is 0 Å². The molecule has 23 heavy (non-hydrogen) atoms. The minimum atomic E-state index is 0.140. The molecule has 1 aliphatic rings. The summed E-state index contributed by atoms with van der Waals surface area (Å²) in [4.78, 5) is 14.9. The Morgan fingerprint density at radius 1 is 1.30 bits per heavy atom. The van der Waals surface area contributed by atoms with Crippen molar-refractivity contribution in [1.82, 2.24) is 0 Å². The molecule has 1 heterocycles. The lowest BCUT2D eigenvalue weighted by atomic mass is 9.99. The summed E-state index contributed by atoms with van der Waals surface area (Å²) in [6, 6.07) is 7.05. The van der Waals surface area contributed by atoms with Gasteiger partial charge in [0.15, 0.2) is 0 Å². The van der Waals surface area contributed by atoms with Gasteiger partial charge in [0.2, 0.25) is 5.91 Å². The normalized spacial score (nSPS) is 18.3. The van der Waals surface area contributed by atoms with Gasteiger partial charge in [-0.05, 0) is 56.2 Å². The number of amides is 1. The van der Waals surface area contributed by atoms with Gasteiger partial charge >= 0.3 is 0 Å². The maximum Gasteiger partial charge on any atom is 0.230 e. The molecule has 2 unspecified atom stereocenters. The summed E-state index contributed by atoms with van der Waals surface area (Å²) in [7, 11) is 0. The van der Waals surface area contributed by atoms with Gasteiger partial charge in [0.1, 0.15) is 0 Å².